The molecule has 0 radical (unpaired) electrons. The lowest BCUT2D eigenvalue weighted by Crippen LogP contribution is -2.23. The van der Waals surface area contributed by atoms with Gasteiger partial charge in [0.05, 0.1) is 0 Å². The van der Waals surface area contributed by atoms with Crippen molar-refractivity contribution in [1.29, 1.82) is 0 Å². The predicted octanol–water partition coefficient (Wildman–Crippen LogP) is 2.13. The molecule has 3 nitrogen and oxygen atoms in total. The van der Waals surface area contributed by atoms with E-state index in [0.717, 1.165) is 12.0 Å². The fourth-order valence-corrected chi connectivity index (χ4v) is 1.76. The molecule has 4 heteroatoms. The van der Waals surface area contributed by atoms with Crippen LogP contribution < -0.4 is 11.1 Å². The highest BCUT2D eigenvalue weighted by molar-refractivity contribution is 5.73. The van der Waals surface area contributed by atoms with Gasteiger partial charge in [0, 0.05) is 12.5 Å². The Morgan fingerprint density at radius 2 is 2.29 bits per heavy atom. The Hall–Kier alpha value is -1.42. The molecule has 0 aliphatic carbocycles. The summed E-state index contributed by atoms with van der Waals surface area (Å²) >= 11 is 0. The predicted molar refractivity (Wildman–Crippen MR) is 65.9 cm³/mol. The van der Waals surface area contributed by atoms with Gasteiger partial charge in [0.15, 0.2) is 0 Å². The SMILES string of the molecule is CCC(NCCCC(N)=O)c1cccc(F)c1. The normalized spacial score (nSPS) is 12.4. The highest BCUT2D eigenvalue weighted by atomic mass is 19.1. The number of nitrogens with one attached hydrogen (secondary N) is 1. The lowest BCUT2D eigenvalue weighted by Gasteiger charge is -2.17. The van der Waals surface area contributed by atoms with Crippen molar-refractivity contribution in [2.75, 3.05) is 6.54 Å². The summed E-state index contributed by atoms with van der Waals surface area (Å²) < 4.78 is 13.1. The lowest BCUT2D eigenvalue weighted by atomic mass is 10.0. The molecule has 1 aromatic rings. The van der Waals surface area contributed by atoms with Crippen LogP contribution in [0.3, 0.4) is 0 Å². The minimum Gasteiger partial charge on any atom is -0.370 e. The van der Waals surface area contributed by atoms with Crippen LogP contribution in [0.15, 0.2) is 24.3 Å². The van der Waals surface area contributed by atoms with Crippen LogP contribution in [0.5, 0.6) is 0 Å². The zero-order valence-electron chi connectivity index (χ0n) is 10.1. The molecule has 0 aromatic heterocycles. The van der Waals surface area contributed by atoms with Crippen molar-refractivity contribution in [3.05, 3.63) is 35.6 Å². The molecular weight excluding hydrogens is 219 g/mol. The highest BCUT2D eigenvalue weighted by Crippen LogP contribution is 2.17. The number of hydrogen-bond donors (Lipinski definition) is 2. The summed E-state index contributed by atoms with van der Waals surface area (Å²) in [6.45, 7) is 2.74. The van der Waals surface area contributed by atoms with Crippen LogP contribution >= 0.6 is 0 Å². The smallest absolute Gasteiger partial charge is 0.217 e. The van der Waals surface area contributed by atoms with Gasteiger partial charge in [0.2, 0.25) is 5.91 Å². The van der Waals surface area contributed by atoms with Gasteiger partial charge in [-0.2, -0.15) is 0 Å². The average molecular weight is 238 g/mol. The summed E-state index contributed by atoms with van der Waals surface area (Å²) in [7, 11) is 0. The highest BCUT2D eigenvalue weighted by Gasteiger charge is 2.08. The minimum absolute atomic E-state index is 0.124. The second-order valence-corrected chi connectivity index (χ2v) is 4.04. The van der Waals surface area contributed by atoms with Crippen molar-refractivity contribution < 1.29 is 9.18 Å². The molecule has 1 rings (SSSR count). The van der Waals surface area contributed by atoms with Crippen molar-refractivity contribution in [2.45, 2.75) is 32.2 Å². The van der Waals surface area contributed by atoms with Gasteiger partial charge in [-0.25, -0.2) is 4.39 Å². The number of rotatable bonds is 7. The maximum Gasteiger partial charge on any atom is 0.217 e. The Balaban J connectivity index is 2.45. The molecular formula is C13H19FN2O. The zero-order valence-corrected chi connectivity index (χ0v) is 10.1. The monoisotopic (exact) mass is 238 g/mol. The third-order valence-electron chi connectivity index (χ3n) is 2.65. The molecule has 0 saturated carbocycles. The molecule has 0 saturated heterocycles. The van der Waals surface area contributed by atoms with E-state index in [2.05, 4.69) is 5.32 Å². The van der Waals surface area contributed by atoms with Crippen LogP contribution in [-0.2, 0) is 4.79 Å². The summed E-state index contributed by atoms with van der Waals surface area (Å²) in [5, 5.41) is 3.29. The van der Waals surface area contributed by atoms with Crippen LogP contribution in [0.1, 0.15) is 37.8 Å². The van der Waals surface area contributed by atoms with E-state index in [1.54, 1.807) is 6.07 Å². The molecule has 17 heavy (non-hydrogen) atoms. The van der Waals surface area contributed by atoms with Gasteiger partial charge in [0.1, 0.15) is 5.82 Å². The Bertz CT molecular complexity index is 368. The molecule has 0 aliphatic rings. The van der Waals surface area contributed by atoms with Crippen molar-refractivity contribution in [2.24, 2.45) is 5.73 Å². The second-order valence-electron chi connectivity index (χ2n) is 4.04. The van der Waals surface area contributed by atoms with E-state index in [1.165, 1.54) is 12.1 Å². The Morgan fingerprint density at radius 3 is 2.88 bits per heavy atom. The standard InChI is InChI=1S/C13H19FN2O/c1-2-12(16-8-4-7-13(15)17)10-5-3-6-11(14)9-10/h3,5-6,9,12,16H,2,4,7-8H2,1H3,(H2,15,17). The van der Waals surface area contributed by atoms with Crippen LogP contribution in [0.25, 0.3) is 0 Å². The molecule has 0 bridgehead atoms. The van der Waals surface area contributed by atoms with E-state index in [1.807, 2.05) is 13.0 Å². The molecule has 0 aliphatic heterocycles. The van der Waals surface area contributed by atoms with Gasteiger partial charge in [-0.05, 0) is 37.1 Å². The summed E-state index contributed by atoms with van der Waals surface area (Å²) in [5.41, 5.74) is 5.99. The maximum atomic E-state index is 13.1. The third-order valence-corrected chi connectivity index (χ3v) is 2.65. The van der Waals surface area contributed by atoms with E-state index < -0.39 is 0 Å². The number of amides is 1. The van der Waals surface area contributed by atoms with Gasteiger partial charge in [0.25, 0.3) is 0 Å². The molecule has 0 fully saturated rings. The van der Waals surface area contributed by atoms with Crippen molar-refractivity contribution in [3.8, 4) is 0 Å². The summed E-state index contributed by atoms with van der Waals surface area (Å²) in [6.07, 6.45) is 1.97. The summed E-state index contributed by atoms with van der Waals surface area (Å²) in [4.78, 5) is 10.6. The van der Waals surface area contributed by atoms with Crippen LogP contribution in [0.4, 0.5) is 4.39 Å². The molecule has 94 valence electrons. The minimum atomic E-state index is -0.286. The number of nitrogens with two attached hydrogens (primary N) is 1. The molecule has 0 spiro atoms. The first-order valence-electron chi connectivity index (χ1n) is 5.90. The maximum absolute atomic E-state index is 13.1. The van der Waals surface area contributed by atoms with Gasteiger partial charge < -0.3 is 11.1 Å². The average Bonchev–Trinajstić information content (AvgIpc) is 2.29. The van der Waals surface area contributed by atoms with Crippen LogP contribution in [0.2, 0.25) is 0 Å². The number of primary amides is 1. The van der Waals surface area contributed by atoms with Crippen LogP contribution in [0, 0.1) is 5.82 Å². The fraction of sp³-hybridized carbons (Fsp3) is 0.462. The first kappa shape index (κ1) is 13.6. The molecule has 1 amide bonds. The lowest BCUT2D eigenvalue weighted by molar-refractivity contribution is -0.118. The summed E-state index contributed by atoms with van der Waals surface area (Å²) in [6, 6.07) is 6.70. The number of carbonyl (C=O) groups excluding carboxylic acids is 1. The molecule has 0 heterocycles. The largest absolute Gasteiger partial charge is 0.370 e. The second kappa shape index (κ2) is 7.01. The van der Waals surface area contributed by atoms with Crippen LogP contribution in [-0.4, -0.2) is 12.5 Å². The number of benzene rings is 1. The van der Waals surface area contributed by atoms with E-state index in [-0.39, 0.29) is 17.8 Å². The first-order valence-corrected chi connectivity index (χ1v) is 5.90. The topological polar surface area (TPSA) is 55.1 Å². The summed E-state index contributed by atoms with van der Waals surface area (Å²) in [5.74, 6) is -0.509. The molecule has 1 aromatic carbocycles. The molecule has 3 N–H and O–H groups in total. The molecule has 1 atom stereocenters. The Morgan fingerprint density at radius 1 is 1.53 bits per heavy atom. The van der Waals surface area contributed by atoms with Gasteiger partial charge in [-0.3, -0.25) is 4.79 Å². The zero-order chi connectivity index (χ0) is 12.7. The van der Waals surface area contributed by atoms with Gasteiger partial charge in [-0.1, -0.05) is 19.1 Å². The quantitative estimate of drug-likeness (QED) is 0.715. The van der Waals surface area contributed by atoms with Gasteiger partial charge >= 0.3 is 0 Å². The van der Waals surface area contributed by atoms with Crippen molar-refractivity contribution in [3.63, 3.8) is 0 Å². The first-order chi connectivity index (χ1) is 8.13. The van der Waals surface area contributed by atoms with E-state index in [0.29, 0.717) is 19.4 Å². The van der Waals surface area contributed by atoms with Gasteiger partial charge in [-0.15, -0.1) is 0 Å². The number of halogens is 1. The van der Waals surface area contributed by atoms with E-state index in [4.69, 9.17) is 5.73 Å². The molecule has 1 unspecified atom stereocenters. The number of carbonyl (C=O) groups is 1. The number of hydrogen-bond acceptors (Lipinski definition) is 2. The van der Waals surface area contributed by atoms with Crippen molar-refractivity contribution >= 4 is 5.91 Å². The Labute approximate surface area is 101 Å². The Kier molecular flexibility index (Phi) is 5.63. The van der Waals surface area contributed by atoms with Crippen molar-refractivity contribution in [1.82, 2.24) is 5.32 Å². The third kappa shape index (κ3) is 4.95. The van der Waals surface area contributed by atoms with E-state index in [9.17, 15) is 9.18 Å². The fourth-order valence-electron chi connectivity index (χ4n) is 1.76. The van der Waals surface area contributed by atoms with E-state index >= 15 is 0 Å².